The van der Waals surface area contributed by atoms with Crippen LogP contribution in [0.4, 0.5) is 18.9 Å². The van der Waals surface area contributed by atoms with Gasteiger partial charge in [-0.25, -0.2) is 9.59 Å². The number of carbonyl (C=O) groups is 2. The maximum absolute atomic E-state index is 12.9. The number of anilines is 1. The van der Waals surface area contributed by atoms with Crippen LogP contribution in [0.1, 0.15) is 0 Å². The largest absolute Gasteiger partial charge is 0.573 e. The summed E-state index contributed by atoms with van der Waals surface area (Å²) in [4.78, 5) is 25.6. The number of carbonyl (C=O) groups excluding carboxylic acids is 2. The van der Waals surface area contributed by atoms with Crippen LogP contribution in [0.15, 0.2) is 56.8 Å². The second-order valence-corrected chi connectivity index (χ2v) is 6.87. The van der Waals surface area contributed by atoms with Gasteiger partial charge in [0.05, 0.1) is 19.8 Å². The Labute approximate surface area is 174 Å². The highest BCUT2D eigenvalue weighted by molar-refractivity contribution is 9.11. The molecule has 0 spiro atoms. The molecule has 0 fully saturated rings. The molecule has 1 aromatic carbocycles. The fourth-order valence-corrected chi connectivity index (χ4v) is 3.69. The number of nitrogens with zero attached hydrogens (tertiary/aromatic N) is 1. The van der Waals surface area contributed by atoms with E-state index in [9.17, 15) is 22.8 Å². The number of hydrogen-bond donors (Lipinski definition) is 0. The first-order valence-electron chi connectivity index (χ1n) is 7.38. The maximum atomic E-state index is 12.9. The summed E-state index contributed by atoms with van der Waals surface area (Å²) in [5.41, 5.74) is -0.746. The van der Waals surface area contributed by atoms with Crippen LogP contribution in [-0.2, 0) is 19.1 Å². The molecule has 1 heterocycles. The van der Waals surface area contributed by atoms with Crippen LogP contribution >= 0.6 is 31.9 Å². The van der Waals surface area contributed by atoms with E-state index in [0.29, 0.717) is 0 Å². The number of methoxy groups -OCH3 is 2. The van der Waals surface area contributed by atoms with Gasteiger partial charge < -0.3 is 19.1 Å². The average molecular weight is 527 g/mol. The Balaban J connectivity index is 2.80. The SMILES string of the molecule is COC(=O)C1=C(C(=O)OC)N(c2c(Br)cc(Br)cc2OC(F)(F)F)C=CC=C1. The van der Waals surface area contributed by atoms with Crippen molar-refractivity contribution >= 4 is 49.5 Å². The fraction of sp³-hybridized carbons (Fsp3) is 0.176. The quantitative estimate of drug-likeness (QED) is 0.534. The van der Waals surface area contributed by atoms with Crippen molar-refractivity contribution in [2.24, 2.45) is 0 Å². The number of halogens is 5. The highest BCUT2D eigenvalue weighted by Gasteiger charge is 2.36. The van der Waals surface area contributed by atoms with Gasteiger partial charge in [-0.05, 0) is 40.2 Å². The topological polar surface area (TPSA) is 65.1 Å². The van der Waals surface area contributed by atoms with E-state index in [1.54, 1.807) is 0 Å². The minimum atomic E-state index is -5.00. The van der Waals surface area contributed by atoms with E-state index in [-0.39, 0.29) is 25.9 Å². The number of ether oxygens (including phenoxy) is 3. The Morgan fingerprint density at radius 3 is 2.25 bits per heavy atom. The van der Waals surface area contributed by atoms with Gasteiger partial charge in [-0.3, -0.25) is 0 Å². The summed E-state index contributed by atoms with van der Waals surface area (Å²) in [6, 6.07) is 2.53. The number of hydrogen-bond acceptors (Lipinski definition) is 6. The minimum absolute atomic E-state index is 0.151. The van der Waals surface area contributed by atoms with E-state index >= 15 is 0 Å². The molecule has 0 bridgehead atoms. The molecular formula is C17H12Br2F3NO5. The standard InChI is InChI=1S/C17H12Br2F3NO5/c1-26-15(24)10-5-3-4-6-23(13(10)16(25)27-2)14-11(19)7-9(18)8-12(14)28-17(20,21)22/h3-8H,1-2H3. The van der Waals surface area contributed by atoms with Crippen LogP contribution in [0.25, 0.3) is 0 Å². The average Bonchev–Trinajstić information content (AvgIpc) is 2.81. The molecule has 0 aliphatic carbocycles. The second kappa shape index (κ2) is 8.82. The number of benzene rings is 1. The van der Waals surface area contributed by atoms with Crippen LogP contribution in [-0.4, -0.2) is 32.5 Å². The van der Waals surface area contributed by atoms with E-state index in [1.807, 2.05) is 0 Å². The van der Waals surface area contributed by atoms with E-state index in [4.69, 9.17) is 4.74 Å². The number of rotatable bonds is 4. The number of esters is 2. The summed E-state index contributed by atoms with van der Waals surface area (Å²) in [6.45, 7) is 0. The summed E-state index contributed by atoms with van der Waals surface area (Å²) in [7, 11) is 2.18. The fourth-order valence-electron chi connectivity index (χ4n) is 2.32. The summed E-state index contributed by atoms with van der Waals surface area (Å²) in [6.07, 6.45) is 0.418. The lowest BCUT2D eigenvalue weighted by molar-refractivity contribution is -0.274. The lowest BCUT2D eigenvalue weighted by atomic mass is 10.1. The van der Waals surface area contributed by atoms with Crippen molar-refractivity contribution in [3.63, 3.8) is 0 Å². The highest BCUT2D eigenvalue weighted by atomic mass is 79.9. The van der Waals surface area contributed by atoms with Gasteiger partial charge >= 0.3 is 18.3 Å². The van der Waals surface area contributed by atoms with Crippen LogP contribution in [0.5, 0.6) is 5.75 Å². The molecule has 1 aliphatic rings. The van der Waals surface area contributed by atoms with Gasteiger partial charge in [-0.15, -0.1) is 13.2 Å². The third kappa shape index (κ3) is 4.96. The molecule has 0 N–H and O–H groups in total. The molecule has 1 aliphatic heterocycles. The Kier molecular flexibility index (Phi) is 6.94. The molecule has 0 aromatic heterocycles. The molecule has 2 rings (SSSR count). The first-order chi connectivity index (χ1) is 13.1. The highest BCUT2D eigenvalue weighted by Crippen LogP contribution is 2.43. The molecule has 0 unspecified atom stereocenters. The third-order valence-electron chi connectivity index (χ3n) is 3.35. The zero-order valence-corrected chi connectivity index (χ0v) is 17.5. The molecule has 28 heavy (non-hydrogen) atoms. The van der Waals surface area contributed by atoms with Crippen molar-refractivity contribution in [3.8, 4) is 5.75 Å². The summed E-state index contributed by atoms with van der Waals surface area (Å²) >= 11 is 6.27. The van der Waals surface area contributed by atoms with Gasteiger partial charge in [0.1, 0.15) is 11.4 Å². The lowest BCUT2D eigenvalue weighted by Crippen LogP contribution is -2.28. The molecule has 0 amide bonds. The van der Waals surface area contributed by atoms with Crippen LogP contribution in [0.3, 0.4) is 0 Å². The Morgan fingerprint density at radius 2 is 1.68 bits per heavy atom. The molecule has 0 saturated carbocycles. The van der Waals surface area contributed by atoms with E-state index in [0.717, 1.165) is 25.2 Å². The van der Waals surface area contributed by atoms with Crippen LogP contribution < -0.4 is 9.64 Å². The third-order valence-corrected chi connectivity index (χ3v) is 4.41. The molecule has 11 heteroatoms. The maximum Gasteiger partial charge on any atom is 0.573 e. The van der Waals surface area contributed by atoms with E-state index < -0.39 is 24.1 Å². The molecular weight excluding hydrogens is 515 g/mol. The summed E-state index contributed by atoms with van der Waals surface area (Å²) in [5.74, 6) is -2.47. The minimum Gasteiger partial charge on any atom is -0.465 e. The molecule has 150 valence electrons. The first kappa shape index (κ1) is 22.0. The zero-order chi connectivity index (χ0) is 21.1. The Morgan fingerprint density at radius 1 is 1.04 bits per heavy atom. The van der Waals surface area contributed by atoms with Gasteiger partial charge in [0.25, 0.3) is 0 Å². The predicted octanol–water partition coefficient (Wildman–Crippen LogP) is 4.60. The Hall–Kier alpha value is -2.27. The van der Waals surface area contributed by atoms with Crippen LogP contribution in [0, 0.1) is 0 Å². The predicted molar refractivity (Wildman–Crippen MR) is 100 cm³/mol. The summed E-state index contributed by atoms with van der Waals surface area (Å²) in [5, 5.41) is 0. The molecule has 0 radical (unpaired) electrons. The summed E-state index contributed by atoms with van der Waals surface area (Å²) < 4.78 is 52.8. The zero-order valence-electron chi connectivity index (χ0n) is 14.3. The van der Waals surface area contributed by atoms with Gasteiger partial charge in [0.15, 0.2) is 5.75 Å². The van der Waals surface area contributed by atoms with E-state index in [1.165, 1.54) is 30.5 Å². The first-order valence-corrected chi connectivity index (χ1v) is 8.97. The van der Waals surface area contributed by atoms with Crippen molar-refractivity contribution in [1.82, 2.24) is 0 Å². The van der Waals surface area contributed by atoms with Crippen molar-refractivity contribution in [2.45, 2.75) is 6.36 Å². The normalized spacial score (nSPS) is 14.0. The van der Waals surface area contributed by atoms with Gasteiger partial charge in [0, 0.05) is 15.1 Å². The van der Waals surface area contributed by atoms with Crippen molar-refractivity contribution in [3.05, 3.63) is 56.8 Å². The van der Waals surface area contributed by atoms with Crippen molar-refractivity contribution in [2.75, 3.05) is 19.1 Å². The Bertz CT molecular complexity index is 894. The lowest BCUT2D eigenvalue weighted by Gasteiger charge is -2.26. The monoisotopic (exact) mass is 525 g/mol. The number of allylic oxidation sites excluding steroid dienone is 2. The van der Waals surface area contributed by atoms with E-state index in [2.05, 4.69) is 41.3 Å². The molecule has 0 saturated heterocycles. The van der Waals surface area contributed by atoms with Crippen molar-refractivity contribution in [1.29, 1.82) is 0 Å². The molecule has 0 atom stereocenters. The van der Waals surface area contributed by atoms with Gasteiger partial charge in [0.2, 0.25) is 0 Å². The van der Waals surface area contributed by atoms with Crippen molar-refractivity contribution < 1.29 is 37.0 Å². The molecule has 1 aromatic rings. The number of alkyl halides is 3. The molecule has 6 nitrogen and oxygen atoms in total. The second-order valence-electron chi connectivity index (χ2n) is 5.10. The van der Waals surface area contributed by atoms with Gasteiger partial charge in [-0.2, -0.15) is 0 Å². The van der Waals surface area contributed by atoms with Gasteiger partial charge in [-0.1, -0.05) is 22.0 Å². The van der Waals surface area contributed by atoms with Crippen LogP contribution in [0.2, 0.25) is 0 Å². The smallest absolute Gasteiger partial charge is 0.465 e.